The molecule has 2 fully saturated rings. The monoisotopic (exact) mass is 227 g/mol. The van der Waals surface area contributed by atoms with E-state index in [-0.39, 0.29) is 18.6 Å². The number of carbonyl (C=O) groups is 2. The van der Waals surface area contributed by atoms with E-state index in [2.05, 4.69) is 0 Å². The second-order valence-electron chi connectivity index (χ2n) is 4.97. The lowest BCUT2D eigenvalue weighted by Crippen LogP contribution is -2.57. The summed E-state index contributed by atoms with van der Waals surface area (Å²) in [4.78, 5) is 24.6. The number of fused-ring (bicyclic) bond motifs is 1. The molecule has 0 aromatic rings. The van der Waals surface area contributed by atoms with Crippen LogP contribution in [0.3, 0.4) is 0 Å². The largest absolute Gasteiger partial charge is 0.389 e. The minimum atomic E-state index is -1.18. The van der Waals surface area contributed by atoms with Gasteiger partial charge in [0.15, 0.2) is 11.8 Å². The zero-order valence-electron chi connectivity index (χ0n) is 9.71. The Kier molecular flexibility index (Phi) is 2.55. The van der Waals surface area contributed by atoms with Crippen molar-refractivity contribution in [1.29, 1.82) is 0 Å². The predicted molar refractivity (Wildman–Crippen MR) is 55.4 cm³/mol. The number of rotatable bonds is 2. The van der Waals surface area contributed by atoms with Gasteiger partial charge < -0.3 is 19.5 Å². The molecule has 0 bridgehead atoms. The molecule has 0 aromatic carbocycles. The van der Waals surface area contributed by atoms with Gasteiger partial charge in [-0.25, -0.2) is 0 Å². The molecule has 0 aromatic heterocycles. The molecule has 1 N–H and O–H groups in total. The second-order valence-corrected chi connectivity index (χ2v) is 4.97. The molecular formula is C11H17NO4. The van der Waals surface area contributed by atoms with Crippen LogP contribution in [0.5, 0.6) is 0 Å². The Bertz CT molecular complexity index is 330. The molecule has 0 unspecified atom stereocenters. The highest BCUT2D eigenvalue weighted by atomic mass is 16.5. The van der Waals surface area contributed by atoms with Crippen molar-refractivity contribution in [2.45, 2.75) is 38.5 Å². The highest BCUT2D eigenvalue weighted by Crippen LogP contribution is 2.43. The van der Waals surface area contributed by atoms with Crippen LogP contribution in [0, 0.1) is 11.8 Å². The van der Waals surface area contributed by atoms with Gasteiger partial charge in [0.05, 0.1) is 18.1 Å². The first kappa shape index (κ1) is 11.5. The standard InChI is InChI=1S/C11H17NO4/c1-6(2)9-11(4-13)8(14)7(3)10(15)12(11)5-16-9/h4,6-9,14H,5H2,1-3H3/t7-,8-,9+,11-/m1/s1. The quantitative estimate of drug-likeness (QED) is 0.662. The van der Waals surface area contributed by atoms with Gasteiger partial charge in [-0.2, -0.15) is 0 Å². The predicted octanol–water partition coefficient (Wildman–Crippen LogP) is -0.224. The first-order chi connectivity index (χ1) is 7.46. The van der Waals surface area contributed by atoms with Crippen molar-refractivity contribution in [1.82, 2.24) is 4.90 Å². The molecule has 0 saturated carbocycles. The maximum atomic E-state index is 11.9. The molecule has 5 heteroatoms. The fourth-order valence-electron chi connectivity index (χ4n) is 2.84. The van der Waals surface area contributed by atoms with E-state index in [9.17, 15) is 14.7 Å². The highest BCUT2D eigenvalue weighted by Gasteiger charge is 2.65. The van der Waals surface area contributed by atoms with Crippen LogP contribution in [0.1, 0.15) is 20.8 Å². The Morgan fingerprint density at radius 1 is 1.62 bits per heavy atom. The van der Waals surface area contributed by atoms with Crippen molar-refractivity contribution in [3.63, 3.8) is 0 Å². The summed E-state index contributed by atoms with van der Waals surface area (Å²) >= 11 is 0. The van der Waals surface area contributed by atoms with Crippen LogP contribution in [0.4, 0.5) is 0 Å². The van der Waals surface area contributed by atoms with Crippen molar-refractivity contribution in [2.75, 3.05) is 6.73 Å². The Morgan fingerprint density at radius 2 is 2.25 bits per heavy atom. The number of ether oxygens (including phenoxy) is 1. The van der Waals surface area contributed by atoms with Gasteiger partial charge in [0, 0.05) is 0 Å². The molecule has 4 atom stereocenters. The summed E-state index contributed by atoms with van der Waals surface area (Å²) in [6, 6.07) is 0. The van der Waals surface area contributed by atoms with Crippen molar-refractivity contribution in [3.05, 3.63) is 0 Å². The molecule has 0 radical (unpaired) electrons. The molecule has 90 valence electrons. The number of aliphatic hydroxyl groups is 1. The molecule has 0 aliphatic carbocycles. The third kappa shape index (κ3) is 1.13. The molecule has 2 aliphatic rings. The minimum Gasteiger partial charge on any atom is -0.389 e. The van der Waals surface area contributed by atoms with Crippen LogP contribution in [0.2, 0.25) is 0 Å². The second kappa shape index (κ2) is 3.53. The molecule has 2 rings (SSSR count). The van der Waals surface area contributed by atoms with E-state index in [0.29, 0.717) is 6.29 Å². The summed E-state index contributed by atoms with van der Waals surface area (Å²) in [5.74, 6) is -0.666. The topological polar surface area (TPSA) is 66.8 Å². The average Bonchev–Trinajstić information content (AvgIpc) is 2.72. The summed E-state index contributed by atoms with van der Waals surface area (Å²) in [6.45, 7) is 5.58. The van der Waals surface area contributed by atoms with Gasteiger partial charge in [-0.3, -0.25) is 4.79 Å². The molecule has 2 aliphatic heterocycles. The third-order valence-corrected chi connectivity index (χ3v) is 3.70. The van der Waals surface area contributed by atoms with Crippen LogP contribution < -0.4 is 0 Å². The van der Waals surface area contributed by atoms with Gasteiger partial charge >= 0.3 is 0 Å². The summed E-state index contributed by atoms with van der Waals surface area (Å²) in [6.07, 6.45) is -0.724. The first-order valence-corrected chi connectivity index (χ1v) is 5.54. The van der Waals surface area contributed by atoms with Crippen LogP contribution in [0.15, 0.2) is 0 Å². The van der Waals surface area contributed by atoms with Crippen molar-refractivity contribution < 1.29 is 19.4 Å². The maximum Gasteiger partial charge on any atom is 0.230 e. The van der Waals surface area contributed by atoms with Gasteiger partial charge in [0.25, 0.3) is 0 Å². The SMILES string of the molecule is CC(C)[C@@H]1OCN2C(=O)[C@H](C)[C@@H](O)[C@]12C=O. The summed E-state index contributed by atoms with van der Waals surface area (Å²) in [5, 5.41) is 10.1. The number of hydrogen-bond acceptors (Lipinski definition) is 4. The molecule has 5 nitrogen and oxygen atoms in total. The van der Waals surface area contributed by atoms with Gasteiger partial charge in [0.1, 0.15) is 6.73 Å². The van der Waals surface area contributed by atoms with Crippen molar-refractivity contribution in [2.24, 2.45) is 11.8 Å². The lowest BCUT2D eigenvalue weighted by molar-refractivity contribution is -0.135. The zero-order chi connectivity index (χ0) is 12.1. The number of carbonyl (C=O) groups excluding carboxylic acids is 2. The number of nitrogens with zero attached hydrogens (tertiary/aromatic N) is 1. The summed E-state index contributed by atoms with van der Waals surface area (Å²) < 4.78 is 5.48. The molecule has 1 amide bonds. The Hall–Kier alpha value is -0.940. The fourth-order valence-corrected chi connectivity index (χ4v) is 2.84. The van der Waals surface area contributed by atoms with Gasteiger partial charge in [-0.15, -0.1) is 0 Å². The third-order valence-electron chi connectivity index (χ3n) is 3.70. The molecule has 0 spiro atoms. The van der Waals surface area contributed by atoms with E-state index in [1.807, 2.05) is 13.8 Å². The highest BCUT2D eigenvalue weighted by molar-refractivity contribution is 5.90. The number of hydrogen-bond donors (Lipinski definition) is 1. The number of amides is 1. The van der Waals surface area contributed by atoms with Crippen LogP contribution in [-0.2, 0) is 14.3 Å². The molecule has 16 heavy (non-hydrogen) atoms. The molecule has 2 heterocycles. The number of aliphatic hydroxyl groups excluding tert-OH is 1. The smallest absolute Gasteiger partial charge is 0.230 e. The van der Waals surface area contributed by atoms with Crippen LogP contribution in [0.25, 0.3) is 0 Å². The maximum absolute atomic E-state index is 11.9. The van der Waals surface area contributed by atoms with E-state index >= 15 is 0 Å². The van der Waals surface area contributed by atoms with E-state index in [4.69, 9.17) is 4.74 Å². The van der Waals surface area contributed by atoms with Gasteiger partial charge in [0.2, 0.25) is 5.91 Å². The zero-order valence-corrected chi connectivity index (χ0v) is 9.71. The van der Waals surface area contributed by atoms with Gasteiger partial charge in [-0.1, -0.05) is 20.8 Å². The van der Waals surface area contributed by atoms with Crippen molar-refractivity contribution >= 4 is 12.2 Å². The van der Waals surface area contributed by atoms with Crippen LogP contribution in [-0.4, -0.2) is 46.7 Å². The van der Waals surface area contributed by atoms with E-state index in [1.54, 1.807) is 6.92 Å². The Labute approximate surface area is 94.4 Å². The number of aldehydes is 1. The van der Waals surface area contributed by atoms with Crippen LogP contribution >= 0.6 is 0 Å². The molecule has 2 saturated heterocycles. The summed E-state index contributed by atoms with van der Waals surface area (Å²) in [5.41, 5.74) is -1.18. The minimum absolute atomic E-state index is 0.0722. The van der Waals surface area contributed by atoms with Gasteiger partial charge in [-0.05, 0) is 5.92 Å². The lowest BCUT2D eigenvalue weighted by Gasteiger charge is -2.34. The first-order valence-electron chi connectivity index (χ1n) is 5.54. The lowest BCUT2D eigenvalue weighted by atomic mass is 9.81. The normalized spacial score (nSPS) is 42.9. The molecular weight excluding hydrogens is 210 g/mol. The Morgan fingerprint density at radius 3 is 2.75 bits per heavy atom. The van der Waals surface area contributed by atoms with E-state index in [0.717, 1.165) is 0 Å². The average molecular weight is 227 g/mol. The fraction of sp³-hybridized carbons (Fsp3) is 0.818. The Balaban J connectivity index is 2.46. The summed E-state index contributed by atoms with van der Waals surface area (Å²) in [7, 11) is 0. The van der Waals surface area contributed by atoms with E-state index in [1.165, 1.54) is 4.90 Å². The van der Waals surface area contributed by atoms with Crippen molar-refractivity contribution in [3.8, 4) is 0 Å². The van der Waals surface area contributed by atoms with E-state index < -0.39 is 23.7 Å².